The van der Waals surface area contributed by atoms with Crippen LogP contribution >= 0.6 is 0 Å². The van der Waals surface area contributed by atoms with Gasteiger partial charge in [-0.2, -0.15) is 5.10 Å². The zero-order chi connectivity index (χ0) is 15.1. The van der Waals surface area contributed by atoms with Gasteiger partial charge in [-0.15, -0.1) is 0 Å². The summed E-state index contributed by atoms with van der Waals surface area (Å²) in [5.41, 5.74) is 5.43. The van der Waals surface area contributed by atoms with Crippen LogP contribution in [0.15, 0.2) is 35.4 Å². The van der Waals surface area contributed by atoms with E-state index in [1.165, 1.54) is 18.6 Å². The second-order valence-corrected chi connectivity index (χ2v) is 7.25. The molecule has 3 rings (SSSR count). The molecule has 3 nitrogen and oxygen atoms in total. The van der Waals surface area contributed by atoms with E-state index in [-0.39, 0.29) is 11.3 Å². The number of carbonyl (C=O) groups excluding carboxylic acids is 1. The molecular formula is C18H24N2O. The van der Waals surface area contributed by atoms with E-state index >= 15 is 0 Å². The number of amides is 1. The fraction of sp³-hybridized carbons (Fsp3) is 0.556. The van der Waals surface area contributed by atoms with Crippen molar-refractivity contribution in [2.24, 2.45) is 21.8 Å². The molecule has 1 amide bonds. The molecule has 112 valence electrons. The SMILES string of the molecule is CC12CCC(CC1=NNC(=O)Cc1ccccc1)C2(C)C. The van der Waals surface area contributed by atoms with Crippen molar-refractivity contribution in [3.63, 3.8) is 0 Å². The number of nitrogens with one attached hydrogen (secondary N) is 1. The molecule has 3 heteroatoms. The lowest BCUT2D eigenvalue weighted by Gasteiger charge is -2.34. The first-order valence-electron chi connectivity index (χ1n) is 7.83. The highest BCUT2D eigenvalue weighted by Crippen LogP contribution is 2.63. The molecule has 0 aliphatic heterocycles. The maximum absolute atomic E-state index is 12.0. The van der Waals surface area contributed by atoms with Gasteiger partial charge in [-0.05, 0) is 36.2 Å². The van der Waals surface area contributed by atoms with E-state index < -0.39 is 0 Å². The van der Waals surface area contributed by atoms with Crippen molar-refractivity contribution in [1.29, 1.82) is 0 Å². The molecule has 1 aromatic rings. The van der Waals surface area contributed by atoms with Gasteiger partial charge in [0.2, 0.25) is 5.91 Å². The molecule has 2 aliphatic carbocycles. The number of carbonyl (C=O) groups is 1. The highest BCUT2D eigenvalue weighted by molar-refractivity contribution is 5.95. The summed E-state index contributed by atoms with van der Waals surface area (Å²) < 4.78 is 0. The molecule has 0 radical (unpaired) electrons. The normalized spacial score (nSPS) is 31.6. The van der Waals surface area contributed by atoms with Crippen LogP contribution < -0.4 is 5.43 Å². The first-order chi connectivity index (χ1) is 9.93. The maximum atomic E-state index is 12.0. The smallest absolute Gasteiger partial charge is 0.244 e. The summed E-state index contributed by atoms with van der Waals surface area (Å²) in [5, 5.41) is 4.49. The Hall–Kier alpha value is -1.64. The van der Waals surface area contributed by atoms with Crippen molar-refractivity contribution in [2.75, 3.05) is 0 Å². The Morgan fingerprint density at radius 3 is 2.57 bits per heavy atom. The van der Waals surface area contributed by atoms with Gasteiger partial charge in [0.05, 0.1) is 6.42 Å². The average molecular weight is 284 g/mol. The van der Waals surface area contributed by atoms with E-state index in [1.54, 1.807) is 0 Å². The Kier molecular flexibility index (Phi) is 3.39. The Bertz CT molecular complexity index is 576. The minimum absolute atomic E-state index is 0.0297. The zero-order valence-corrected chi connectivity index (χ0v) is 13.1. The zero-order valence-electron chi connectivity index (χ0n) is 13.1. The molecule has 2 bridgehead atoms. The lowest BCUT2D eigenvalue weighted by molar-refractivity contribution is -0.120. The predicted octanol–water partition coefficient (Wildman–Crippen LogP) is 3.55. The van der Waals surface area contributed by atoms with E-state index in [2.05, 4.69) is 31.3 Å². The van der Waals surface area contributed by atoms with Gasteiger partial charge in [-0.1, -0.05) is 51.1 Å². The van der Waals surface area contributed by atoms with E-state index in [9.17, 15) is 4.79 Å². The van der Waals surface area contributed by atoms with Crippen molar-refractivity contribution >= 4 is 11.6 Å². The fourth-order valence-corrected chi connectivity index (χ4v) is 4.05. The van der Waals surface area contributed by atoms with Gasteiger partial charge >= 0.3 is 0 Å². The summed E-state index contributed by atoms with van der Waals surface area (Å²) in [4.78, 5) is 12.0. The first-order valence-corrected chi connectivity index (χ1v) is 7.83. The molecular weight excluding hydrogens is 260 g/mol. The van der Waals surface area contributed by atoms with Gasteiger partial charge in [0, 0.05) is 11.1 Å². The molecule has 2 aliphatic rings. The molecule has 2 fully saturated rings. The van der Waals surface area contributed by atoms with Crippen molar-refractivity contribution in [3.8, 4) is 0 Å². The third kappa shape index (κ3) is 2.29. The summed E-state index contributed by atoms with van der Waals surface area (Å²) in [7, 11) is 0. The third-order valence-electron chi connectivity index (χ3n) is 6.04. The monoisotopic (exact) mass is 284 g/mol. The van der Waals surface area contributed by atoms with Gasteiger partial charge < -0.3 is 0 Å². The van der Waals surface area contributed by atoms with Gasteiger partial charge in [-0.3, -0.25) is 4.79 Å². The molecule has 0 aromatic heterocycles. The van der Waals surface area contributed by atoms with E-state index in [0.717, 1.165) is 12.0 Å². The number of hydrogen-bond acceptors (Lipinski definition) is 2. The standard InChI is InChI=1S/C18H24N2O/c1-17(2)14-9-10-18(17,3)15(12-14)19-20-16(21)11-13-7-5-4-6-8-13/h4-8,14H,9-12H2,1-3H3,(H,20,21). The van der Waals surface area contributed by atoms with Crippen LogP contribution in [0.25, 0.3) is 0 Å². The summed E-state index contributed by atoms with van der Waals surface area (Å²) in [6, 6.07) is 9.80. The quantitative estimate of drug-likeness (QED) is 0.847. The third-order valence-corrected chi connectivity index (χ3v) is 6.04. The lowest BCUT2D eigenvalue weighted by Crippen LogP contribution is -2.34. The van der Waals surface area contributed by atoms with Crippen LogP contribution in [0.5, 0.6) is 0 Å². The minimum atomic E-state index is -0.0297. The van der Waals surface area contributed by atoms with E-state index in [0.29, 0.717) is 17.8 Å². The molecule has 0 spiro atoms. The van der Waals surface area contributed by atoms with Crippen molar-refractivity contribution < 1.29 is 4.79 Å². The van der Waals surface area contributed by atoms with E-state index in [1.807, 2.05) is 30.3 Å². The van der Waals surface area contributed by atoms with Gasteiger partial charge in [0.15, 0.2) is 0 Å². The minimum Gasteiger partial charge on any atom is -0.273 e. The van der Waals surface area contributed by atoms with Crippen molar-refractivity contribution in [3.05, 3.63) is 35.9 Å². The summed E-state index contributed by atoms with van der Waals surface area (Å²) >= 11 is 0. The second kappa shape index (κ2) is 4.97. The van der Waals surface area contributed by atoms with Crippen molar-refractivity contribution in [1.82, 2.24) is 5.43 Å². The lowest BCUT2D eigenvalue weighted by atomic mass is 9.70. The van der Waals surface area contributed by atoms with Gasteiger partial charge in [-0.25, -0.2) is 5.43 Å². The van der Waals surface area contributed by atoms with Crippen LogP contribution in [0.1, 0.15) is 45.6 Å². The molecule has 1 N–H and O–H groups in total. The Morgan fingerprint density at radius 1 is 1.29 bits per heavy atom. The maximum Gasteiger partial charge on any atom is 0.244 e. The number of benzene rings is 1. The average Bonchev–Trinajstić information content (AvgIpc) is 2.79. The molecule has 21 heavy (non-hydrogen) atoms. The van der Waals surface area contributed by atoms with Crippen LogP contribution in [0.4, 0.5) is 0 Å². The number of nitrogens with zero attached hydrogens (tertiary/aromatic N) is 1. The van der Waals surface area contributed by atoms with Crippen LogP contribution in [-0.4, -0.2) is 11.6 Å². The van der Waals surface area contributed by atoms with Crippen LogP contribution in [0.3, 0.4) is 0 Å². The molecule has 2 saturated carbocycles. The topological polar surface area (TPSA) is 41.5 Å². The van der Waals surface area contributed by atoms with Gasteiger partial charge in [0.25, 0.3) is 0 Å². The number of fused-ring (bicyclic) bond motifs is 2. The second-order valence-electron chi connectivity index (χ2n) is 7.25. The van der Waals surface area contributed by atoms with Crippen LogP contribution in [0, 0.1) is 16.7 Å². The first kappa shape index (κ1) is 14.3. The highest BCUT2D eigenvalue weighted by atomic mass is 16.2. The molecule has 0 saturated heterocycles. The van der Waals surface area contributed by atoms with Crippen LogP contribution in [0.2, 0.25) is 0 Å². The Labute approximate surface area is 126 Å². The molecule has 0 heterocycles. The molecule has 2 atom stereocenters. The highest BCUT2D eigenvalue weighted by Gasteiger charge is 2.59. The van der Waals surface area contributed by atoms with Crippen molar-refractivity contribution in [2.45, 2.75) is 46.5 Å². The summed E-state index contributed by atoms with van der Waals surface area (Å²) in [5.74, 6) is 0.685. The Morgan fingerprint density at radius 2 is 2.00 bits per heavy atom. The van der Waals surface area contributed by atoms with Crippen LogP contribution in [-0.2, 0) is 11.2 Å². The number of rotatable bonds is 3. The largest absolute Gasteiger partial charge is 0.273 e. The fourth-order valence-electron chi connectivity index (χ4n) is 4.05. The number of hydrogen-bond donors (Lipinski definition) is 1. The Balaban J connectivity index is 1.66. The summed E-state index contributed by atoms with van der Waals surface area (Å²) in [6.45, 7) is 7.00. The molecule has 1 aromatic carbocycles. The molecule has 2 unspecified atom stereocenters. The summed E-state index contributed by atoms with van der Waals surface area (Å²) in [6.07, 6.45) is 3.91. The van der Waals surface area contributed by atoms with E-state index in [4.69, 9.17) is 0 Å². The van der Waals surface area contributed by atoms with Gasteiger partial charge in [0.1, 0.15) is 0 Å². The predicted molar refractivity (Wildman–Crippen MR) is 85.0 cm³/mol. The number of hydrazone groups is 1.